The Morgan fingerprint density at radius 2 is 0.662 bits per heavy atom. The first-order valence-corrected chi connectivity index (χ1v) is 32.1. The van der Waals surface area contributed by atoms with Gasteiger partial charge >= 0.3 is 5.97 Å². The van der Waals surface area contributed by atoms with Crippen LogP contribution in [0, 0.1) is 0 Å². The Morgan fingerprint density at radius 1 is 0.380 bits per heavy atom. The zero-order valence-electron chi connectivity index (χ0n) is 48.0. The molecule has 6 nitrogen and oxygen atoms in total. The molecule has 3 N–H and O–H groups in total. The van der Waals surface area contributed by atoms with Crippen molar-refractivity contribution >= 4 is 11.9 Å². The van der Waals surface area contributed by atoms with E-state index in [1.165, 1.54) is 283 Å². The highest BCUT2D eigenvalue weighted by atomic mass is 16.5. The van der Waals surface area contributed by atoms with Crippen LogP contribution in [0.4, 0.5) is 0 Å². The third-order valence-electron chi connectivity index (χ3n) is 15.0. The summed E-state index contributed by atoms with van der Waals surface area (Å²) in [7, 11) is 0. The van der Waals surface area contributed by atoms with E-state index in [1.807, 2.05) is 6.08 Å². The first kappa shape index (κ1) is 69.3. The van der Waals surface area contributed by atoms with E-state index in [0.29, 0.717) is 19.4 Å². The molecule has 0 saturated heterocycles. The maximum Gasteiger partial charge on any atom is 0.305 e. The molecule has 0 rings (SSSR count). The van der Waals surface area contributed by atoms with Crippen molar-refractivity contribution in [1.82, 2.24) is 5.32 Å². The maximum atomic E-state index is 12.5. The van der Waals surface area contributed by atoms with Gasteiger partial charge in [0, 0.05) is 12.8 Å². The molecule has 6 heteroatoms. The molecule has 0 saturated carbocycles. The van der Waals surface area contributed by atoms with Gasteiger partial charge in [0.2, 0.25) is 5.91 Å². The molecule has 420 valence electrons. The van der Waals surface area contributed by atoms with Crippen LogP contribution in [-0.2, 0) is 14.3 Å². The fourth-order valence-electron chi connectivity index (χ4n) is 10.0. The number of ether oxygens (including phenoxy) is 1. The summed E-state index contributed by atoms with van der Waals surface area (Å²) in [5.41, 5.74) is 0. The molecule has 0 radical (unpaired) electrons. The Hall–Kier alpha value is -1.66. The predicted molar refractivity (Wildman–Crippen MR) is 310 cm³/mol. The summed E-state index contributed by atoms with van der Waals surface area (Å²) in [5.74, 6) is -0.0686. The van der Waals surface area contributed by atoms with Crippen molar-refractivity contribution in [3.05, 3.63) is 24.3 Å². The molecule has 0 aromatic rings. The molecule has 0 spiro atoms. The average molecular weight is 1000 g/mol. The second-order valence-corrected chi connectivity index (χ2v) is 22.1. The van der Waals surface area contributed by atoms with Gasteiger partial charge in [0.1, 0.15) is 0 Å². The predicted octanol–water partition coefficient (Wildman–Crippen LogP) is 20.2. The normalized spacial score (nSPS) is 12.7. The molecular weight excluding hydrogens is 875 g/mol. The number of carbonyl (C=O) groups excluding carboxylic acids is 2. The lowest BCUT2D eigenvalue weighted by Gasteiger charge is -2.20. The first-order chi connectivity index (χ1) is 35.0. The molecule has 1 amide bonds. The lowest BCUT2D eigenvalue weighted by Crippen LogP contribution is -2.45. The van der Waals surface area contributed by atoms with Crippen molar-refractivity contribution in [3.8, 4) is 0 Å². The van der Waals surface area contributed by atoms with Crippen LogP contribution in [0.5, 0.6) is 0 Å². The Morgan fingerprint density at radius 3 is 1.03 bits per heavy atom. The lowest BCUT2D eigenvalue weighted by molar-refractivity contribution is -0.143. The highest BCUT2D eigenvalue weighted by Gasteiger charge is 2.18. The third-order valence-corrected chi connectivity index (χ3v) is 15.0. The van der Waals surface area contributed by atoms with E-state index in [9.17, 15) is 19.8 Å². The van der Waals surface area contributed by atoms with Gasteiger partial charge in [-0.3, -0.25) is 9.59 Å². The third kappa shape index (κ3) is 57.5. The second kappa shape index (κ2) is 60.9. The highest BCUT2D eigenvalue weighted by molar-refractivity contribution is 5.76. The van der Waals surface area contributed by atoms with Crippen LogP contribution >= 0.6 is 0 Å². The monoisotopic (exact) mass is 1000 g/mol. The van der Waals surface area contributed by atoms with Gasteiger partial charge in [-0.1, -0.05) is 308 Å². The fourth-order valence-corrected chi connectivity index (χ4v) is 10.0. The highest BCUT2D eigenvalue weighted by Crippen LogP contribution is 2.18. The maximum absolute atomic E-state index is 12.5. The Balaban J connectivity index is 3.44. The van der Waals surface area contributed by atoms with Gasteiger partial charge in [-0.15, -0.1) is 0 Å². The number of aliphatic hydroxyl groups is 2. The molecule has 2 unspecified atom stereocenters. The summed E-state index contributed by atoms with van der Waals surface area (Å²) in [5, 5.41) is 23.2. The summed E-state index contributed by atoms with van der Waals surface area (Å²) in [6.45, 7) is 4.90. The van der Waals surface area contributed by atoms with Gasteiger partial charge in [-0.25, -0.2) is 0 Å². The molecule has 0 heterocycles. The summed E-state index contributed by atoms with van der Waals surface area (Å²) >= 11 is 0. The SMILES string of the molecule is CCCCC/C=C\CCCCCCCC(=O)OCCCCCCCCCCCCCCCCCCCCCC(=O)NC(CO)C(O)/C=C/CCCCCCCCCCCCCCCCCCCCCCC. The number of amides is 1. The lowest BCUT2D eigenvalue weighted by atomic mass is 10.0. The number of carbonyl (C=O) groups is 2. The molecule has 0 aromatic carbocycles. The van der Waals surface area contributed by atoms with Gasteiger partial charge in [0.25, 0.3) is 0 Å². The van der Waals surface area contributed by atoms with E-state index < -0.39 is 12.1 Å². The van der Waals surface area contributed by atoms with Crippen LogP contribution in [0.15, 0.2) is 24.3 Å². The van der Waals surface area contributed by atoms with Crippen LogP contribution in [-0.4, -0.2) is 47.4 Å². The summed E-state index contributed by atoms with van der Waals surface area (Å²) in [4.78, 5) is 24.5. The molecule has 0 aliphatic carbocycles. The minimum atomic E-state index is -0.848. The van der Waals surface area contributed by atoms with Gasteiger partial charge in [0.15, 0.2) is 0 Å². The van der Waals surface area contributed by atoms with Crippen molar-refractivity contribution in [1.29, 1.82) is 0 Å². The largest absolute Gasteiger partial charge is 0.466 e. The number of unbranched alkanes of at least 4 members (excludes halogenated alkanes) is 47. The Kier molecular flexibility index (Phi) is 59.5. The van der Waals surface area contributed by atoms with E-state index in [1.54, 1.807) is 6.08 Å². The Bertz CT molecular complexity index is 1110. The van der Waals surface area contributed by atoms with Crippen molar-refractivity contribution in [2.75, 3.05) is 13.2 Å². The number of hydrogen-bond acceptors (Lipinski definition) is 5. The number of nitrogens with one attached hydrogen (secondary N) is 1. The average Bonchev–Trinajstić information content (AvgIpc) is 3.37. The zero-order valence-corrected chi connectivity index (χ0v) is 48.0. The number of aliphatic hydroxyl groups excluding tert-OH is 2. The number of rotatable bonds is 60. The molecule has 0 aliphatic heterocycles. The minimum absolute atomic E-state index is 0.00120. The van der Waals surface area contributed by atoms with Crippen molar-refractivity contribution < 1.29 is 24.5 Å². The van der Waals surface area contributed by atoms with E-state index in [0.717, 1.165) is 44.9 Å². The van der Waals surface area contributed by atoms with E-state index in [-0.39, 0.29) is 18.5 Å². The van der Waals surface area contributed by atoms with E-state index in [4.69, 9.17) is 4.74 Å². The van der Waals surface area contributed by atoms with Gasteiger partial charge in [0.05, 0.1) is 25.4 Å². The van der Waals surface area contributed by atoms with Crippen LogP contribution < -0.4 is 5.32 Å². The van der Waals surface area contributed by atoms with Gasteiger partial charge in [-0.2, -0.15) is 0 Å². The smallest absolute Gasteiger partial charge is 0.305 e. The first-order valence-electron chi connectivity index (χ1n) is 32.1. The summed E-state index contributed by atoms with van der Waals surface area (Å²) < 4.78 is 5.47. The van der Waals surface area contributed by atoms with E-state index in [2.05, 4.69) is 31.3 Å². The zero-order chi connectivity index (χ0) is 51.4. The number of allylic oxidation sites excluding steroid dienone is 3. The molecule has 0 aromatic heterocycles. The summed E-state index contributed by atoms with van der Waals surface area (Å²) in [6, 6.07) is -0.631. The fraction of sp³-hybridized carbons (Fsp3) is 0.908. The van der Waals surface area contributed by atoms with Crippen LogP contribution in [0.3, 0.4) is 0 Å². The van der Waals surface area contributed by atoms with Crippen molar-refractivity contribution in [2.45, 2.75) is 366 Å². The molecular formula is C65H125NO5. The van der Waals surface area contributed by atoms with Crippen LogP contribution in [0.25, 0.3) is 0 Å². The standard InChI is InChI=1S/C65H125NO5/c1-3-5-7-9-11-13-15-17-18-19-20-21-22-23-25-28-31-34-37-41-45-49-53-57-63(68)62(61-67)66-64(69)58-54-50-46-42-38-35-32-29-26-24-27-30-33-36-40-44-48-52-56-60-71-65(70)59-55-51-47-43-39-16-14-12-10-8-6-4-2/h12,14,53,57,62-63,67-68H,3-11,13,15-52,54-56,58-61H2,1-2H3,(H,66,69)/b14-12-,57-53+. The molecule has 71 heavy (non-hydrogen) atoms. The minimum Gasteiger partial charge on any atom is -0.466 e. The molecule has 0 fully saturated rings. The van der Waals surface area contributed by atoms with Gasteiger partial charge in [-0.05, 0) is 57.8 Å². The summed E-state index contributed by atoms with van der Waals surface area (Å²) in [6.07, 6.45) is 75.1. The number of esters is 1. The molecule has 0 aliphatic rings. The number of hydrogen-bond donors (Lipinski definition) is 3. The van der Waals surface area contributed by atoms with Crippen molar-refractivity contribution in [2.24, 2.45) is 0 Å². The topological polar surface area (TPSA) is 95.9 Å². The quantitative estimate of drug-likeness (QED) is 0.0320. The molecule has 2 atom stereocenters. The van der Waals surface area contributed by atoms with Gasteiger partial charge < -0.3 is 20.3 Å². The second-order valence-electron chi connectivity index (χ2n) is 22.1. The van der Waals surface area contributed by atoms with Crippen LogP contribution in [0.1, 0.15) is 354 Å². The van der Waals surface area contributed by atoms with Crippen molar-refractivity contribution in [3.63, 3.8) is 0 Å². The Labute approximate surface area is 443 Å². The van der Waals surface area contributed by atoms with E-state index >= 15 is 0 Å². The van der Waals surface area contributed by atoms with Crippen LogP contribution in [0.2, 0.25) is 0 Å². The molecule has 0 bridgehead atoms.